The van der Waals surface area contributed by atoms with E-state index in [1.165, 1.54) is 25.8 Å². The van der Waals surface area contributed by atoms with Crippen molar-refractivity contribution in [2.45, 2.75) is 80.2 Å². The van der Waals surface area contributed by atoms with Gasteiger partial charge in [-0.2, -0.15) is 0 Å². The molecule has 0 unspecified atom stereocenters. The molecule has 0 aromatic carbocycles. The number of rotatable bonds is 0. The topological polar surface area (TPSA) is 3.24 Å². The average Bonchev–Trinajstić information content (AvgIpc) is 2.29. The molecular formula is C14H32IN. The Kier molecular flexibility index (Phi) is 10.4. The Bertz CT molecular complexity index is 164. The maximum absolute atomic E-state index is 2.47. The molecule has 0 spiro atoms. The van der Waals surface area contributed by atoms with Gasteiger partial charge in [0, 0.05) is 34.9 Å². The highest BCUT2D eigenvalue weighted by Crippen LogP contribution is 2.39. The third-order valence-electron chi connectivity index (χ3n) is 2.78. The molecular weight excluding hydrogens is 309 g/mol. The van der Waals surface area contributed by atoms with Crippen LogP contribution < -0.4 is 0 Å². The van der Waals surface area contributed by atoms with Gasteiger partial charge in [-0.15, -0.1) is 0 Å². The molecule has 1 heterocycles. The first-order valence-electron chi connectivity index (χ1n) is 6.77. The van der Waals surface area contributed by atoms with Crippen molar-refractivity contribution >= 4 is 22.9 Å². The van der Waals surface area contributed by atoms with Crippen LogP contribution in [0.3, 0.4) is 0 Å². The first-order chi connectivity index (χ1) is 7.33. The second-order valence-corrected chi connectivity index (χ2v) is 6.51. The van der Waals surface area contributed by atoms with E-state index in [-0.39, 0.29) is 0 Å². The van der Waals surface area contributed by atoms with Crippen LogP contribution in [0.25, 0.3) is 0 Å². The van der Waals surface area contributed by atoms with Crippen molar-refractivity contribution in [3.63, 3.8) is 0 Å². The number of hydrogen-bond acceptors (Lipinski definition) is 1. The van der Waals surface area contributed by atoms with E-state index in [0.717, 1.165) is 0 Å². The van der Waals surface area contributed by atoms with Gasteiger partial charge in [0.2, 0.25) is 0 Å². The van der Waals surface area contributed by atoms with Crippen molar-refractivity contribution in [2.75, 3.05) is 6.54 Å². The van der Waals surface area contributed by atoms with Gasteiger partial charge >= 0.3 is 0 Å². The molecule has 0 amide bonds. The summed E-state index contributed by atoms with van der Waals surface area (Å²) in [5.74, 6) is 0. The Morgan fingerprint density at radius 1 is 0.938 bits per heavy atom. The fourth-order valence-electron chi connectivity index (χ4n) is 2.34. The predicted molar refractivity (Wildman–Crippen MR) is 85.1 cm³/mol. The molecule has 1 rings (SSSR count). The van der Waals surface area contributed by atoms with E-state index in [4.69, 9.17) is 0 Å². The van der Waals surface area contributed by atoms with E-state index in [1.54, 1.807) is 0 Å². The number of hydrogen-bond donors (Lipinski definition) is 0. The molecule has 16 heavy (non-hydrogen) atoms. The summed E-state index contributed by atoms with van der Waals surface area (Å²) in [7, 11) is 0. The van der Waals surface area contributed by atoms with E-state index in [9.17, 15) is 0 Å². The fraction of sp³-hybridized carbons (Fsp3) is 1.00. The van der Waals surface area contributed by atoms with Gasteiger partial charge in [0.05, 0.1) is 0 Å². The molecule has 1 nitrogen and oxygen atoms in total. The highest BCUT2D eigenvalue weighted by atomic mass is 127. The van der Waals surface area contributed by atoms with Gasteiger partial charge in [-0.1, -0.05) is 41.5 Å². The zero-order chi connectivity index (χ0) is 13.4. The Labute approximate surface area is 118 Å². The monoisotopic (exact) mass is 341 g/mol. The molecule has 0 bridgehead atoms. The summed E-state index contributed by atoms with van der Waals surface area (Å²) in [4.78, 5) is 0. The van der Waals surface area contributed by atoms with Crippen molar-refractivity contribution in [1.29, 1.82) is 0 Å². The first-order valence-corrected chi connectivity index (χ1v) is 7.73. The third-order valence-corrected chi connectivity index (χ3v) is 4.56. The van der Waals surface area contributed by atoms with Crippen LogP contribution in [0.4, 0.5) is 0 Å². The van der Waals surface area contributed by atoms with Crippen LogP contribution in [0.1, 0.15) is 74.7 Å². The van der Waals surface area contributed by atoms with Gasteiger partial charge in [0.1, 0.15) is 0 Å². The minimum absolute atomic E-state index is 0.376. The van der Waals surface area contributed by atoms with Crippen LogP contribution in [0.2, 0.25) is 0 Å². The normalized spacial score (nSPS) is 23.1. The first kappa shape index (κ1) is 19.0. The van der Waals surface area contributed by atoms with Gasteiger partial charge < -0.3 is 0 Å². The predicted octanol–water partition coefficient (Wildman–Crippen LogP) is 5.68. The Morgan fingerprint density at radius 3 is 1.81 bits per heavy atom. The molecule has 0 N–H and O–H groups in total. The minimum Gasteiger partial charge on any atom is -0.242 e. The zero-order valence-electron chi connectivity index (χ0n) is 12.7. The highest BCUT2D eigenvalue weighted by Gasteiger charge is 2.35. The van der Waals surface area contributed by atoms with E-state index >= 15 is 0 Å². The molecule has 1 saturated heterocycles. The van der Waals surface area contributed by atoms with Crippen LogP contribution >= 0.6 is 22.9 Å². The molecule has 0 atom stereocenters. The lowest BCUT2D eigenvalue weighted by atomic mass is 9.78. The summed E-state index contributed by atoms with van der Waals surface area (Å²) in [6.45, 7) is 18.7. The molecule has 1 aliphatic heterocycles. The highest BCUT2D eigenvalue weighted by molar-refractivity contribution is 14.1. The average molecular weight is 341 g/mol. The van der Waals surface area contributed by atoms with Gasteiger partial charge in [0.25, 0.3) is 0 Å². The standard InChI is InChI=1S/C10H20IN.2C2H6/c1-9(2)6-5-7-12(11)10(3,4)8-9;2*1-2/h5-8H2,1-4H3;2*1-2H3. The van der Waals surface area contributed by atoms with Crippen molar-refractivity contribution < 1.29 is 0 Å². The van der Waals surface area contributed by atoms with Crippen molar-refractivity contribution in [3.8, 4) is 0 Å². The quantitative estimate of drug-likeness (QED) is 0.405. The molecule has 0 saturated carbocycles. The Balaban J connectivity index is 0. The molecule has 100 valence electrons. The van der Waals surface area contributed by atoms with Gasteiger partial charge in [-0.25, -0.2) is 3.11 Å². The van der Waals surface area contributed by atoms with Gasteiger partial charge in [-0.3, -0.25) is 0 Å². The molecule has 0 aromatic rings. The van der Waals surface area contributed by atoms with Gasteiger partial charge in [-0.05, 0) is 38.5 Å². The second-order valence-electron chi connectivity index (χ2n) is 5.34. The summed E-state index contributed by atoms with van der Waals surface area (Å²) < 4.78 is 2.47. The van der Waals surface area contributed by atoms with E-state index in [0.29, 0.717) is 11.0 Å². The van der Waals surface area contributed by atoms with Crippen LogP contribution in [0, 0.1) is 5.41 Å². The van der Waals surface area contributed by atoms with E-state index in [1.807, 2.05) is 27.7 Å². The van der Waals surface area contributed by atoms with Crippen LogP contribution in [0.15, 0.2) is 0 Å². The van der Waals surface area contributed by atoms with Crippen molar-refractivity contribution in [1.82, 2.24) is 3.11 Å². The van der Waals surface area contributed by atoms with Crippen molar-refractivity contribution in [3.05, 3.63) is 0 Å². The second kappa shape index (κ2) is 8.73. The SMILES string of the molecule is CC.CC.CC1(C)CCCN(I)C(C)(C)C1. The molecule has 2 heteroatoms. The summed E-state index contributed by atoms with van der Waals surface area (Å²) in [5.41, 5.74) is 0.907. The molecule has 1 fully saturated rings. The van der Waals surface area contributed by atoms with E-state index < -0.39 is 0 Å². The zero-order valence-corrected chi connectivity index (χ0v) is 14.8. The van der Waals surface area contributed by atoms with Crippen LogP contribution in [-0.2, 0) is 0 Å². The molecule has 0 radical (unpaired) electrons. The van der Waals surface area contributed by atoms with Crippen LogP contribution in [0.5, 0.6) is 0 Å². The number of nitrogens with zero attached hydrogens (tertiary/aromatic N) is 1. The minimum atomic E-state index is 0.376. The summed E-state index contributed by atoms with van der Waals surface area (Å²) in [6.07, 6.45) is 4.03. The van der Waals surface area contributed by atoms with Gasteiger partial charge in [0.15, 0.2) is 0 Å². The summed E-state index contributed by atoms with van der Waals surface area (Å²) in [5, 5.41) is 0. The lowest BCUT2D eigenvalue weighted by molar-refractivity contribution is 0.201. The lowest BCUT2D eigenvalue weighted by Gasteiger charge is -2.36. The maximum Gasteiger partial charge on any atom is 0.0253 e. The largest absolute Gasteiger partial charge is 0.242 e. The maximum atomic E-state index is 2.47. The lowest BCUT2D eigenvalue weighted by Crippen LogP contribution is -2.38. The molecule has 0 aliphatic carbocycles. The Morgan fingerprint density at radius 2 is 1.38 bits per heavy atom. The third kappa shape index (κ3) is 7.10. The molecule has 0 aromatic heterocycles. The summed E-state index contributed by atoms with van der Waals surface area (Å²) >= 11 is 2.47. The van der Waals surface area contributed by atoms with Crippen molar-refractivity contribution in [2.24, 2.45) is 5.41 Å². The Hall–Kier alpha value is 0.690. The fourth-order valence-corrected chi connectivity index (χ4v) is 2.86. The number of halogens is 1. The van der Waals surface area contributed by atoms with Crippen LogP contribution in [-0.4, -0.2) is 15.2 Å². The smallest absolute Gasteiger partial charge is 0.0253 e. The van der Waals surface area contributed by atoms with E-state index in [2.05, 4.69) is 53.7 Å². The molecule has 1 aliphatic rings. The summed E-state index contributed by atoms with van der Waals surface area (Å²) in [6, 6.07) is 0.